The lowest BCUT2D eigenvalue weighted by atomic mass is 9.93. The van der Waals surface area contributed by atoms with Crippen molar-refractivity contribution in [3.63, 3.8) is 0 Å². The number of nitrogens with zero attached hydrogens (tertiary/aromatic N) is 3. The van der Waals surface area contributed by atoms with E-state index in [4.69, 9.17) is 9.72 Å². The van der Waals surface area contributed by atoms with Crippen molar-refractivity contribution in [2.45, 2.75) is 0 Å². The maximum absolute atomic E-state index is 5.52. The molecule has 4 aromatic rings. The van der Waals surface area contributed by atoms with Crippen LogP contribution < -0.4 is 9.80 Å². The number of para-hydroxylation sites is 1. The Morgan fingerprint density at radius 3 is 2.57 bits per heavy atom. The Balaban J connectivity index is 1.66. The Kier molecular flexibility index (Phi) is 3.38. The number of anilines is 3. The summed E-state index contributed by atoms with van der Waals surface area (Å²) in [5.74, 6) is 0. The minimum absolute atomic E-state index is 0.793. The summed E-state index contributed by atoms with van der Waals surface area (Å²) in [6.07, 6.45) is 0. The lowest BCUT2D eigenvalue weighted by Crippen LogP contribution is -2.36. The van der Waals surface area contributed by atoms with Crippen LogP contribution >= 0.6 is 0 Å². The molecule has 0 N–H and O–H groups in total. The summed E-state index contributed by atoms with van der Waals surface area (Å²) in [7, 11) is 2.14. The zero-order chi connectivity index (χ0) is 18.7. The second-order valence-corrected chi connectivity index (χ2v) is 7.54. The number of fused-ring (bicyclic) bond motifs is 4. The van der Waals surface area contributed by atoms with Crippen LogP contribution in [0.2, 0.25) is 0 Å². The third-order valence-corrected chi connectivity index (χ3v) is 6.04. The number of hydrogen-bond acceptors (Lipinski definition) is 4. The first-order chi connectivity index (χ1) is 13.8. The molecule has 3 aromatic carbocycles. The van der Waals surface area contributed by atoms with E-state index in [1.165, 1.54) is 38.8 Å². The first kappa shape index (κ1) is 15.9. The van der Waals surface area contributed by atoms with E-state index >= 15 is 0 Å². The summed E-state index contributed by atoms with van der Waals surface area (Å²) in [6, 6.07) is 21.8. The fourth-order valence-electron chi connectivity index (χ4n) is 4.62. The van der Waals surface area contributed by atoms with Crippen molar-refractivity contribution < 1.29 is 4.74 Å². The minimum atomic E-state index is 0.793. The average molecular weight is 367 g/mol. The lowest BCUT2D eigenvalue weighted by molar-refractivity contribution is 0.122. The Hall–Kier alpha value is -3.11. The molecule has 6 rings (SSSR count). The van der Waals surface area contributed by atoms with E-state index in [0.717, 1.165) is 37.5 Å². The highest BCUT2D eigenvalue weighted by molar-refractivity contribution is 6.19. The molecule has 0 aliphatic carbocycles. The van der Waals surface area contributed by atoms with Gasteiger partial charge in [0.2, 0.25) is 0 Å². The molecule has 1 aromatic heterocycles. The van der Waals surface area contributed by atoms with Gasteiger partial charge in [-0.1, -0.05) is 30.3 Å². The number of rotatable bonds is 1. The molecule has 0 atom stereocenters. The van der Waals surface area contributed by atoms with Crippen molar-refractivity contribution in [2.75, 3.05) is 43.2 Å². The largest absolute Gasteiger partial charge is 0.378 e. The summed E-state index contributed by atoms with van der Waals surface area (Å²) in [5.41, 5.74) is 7.02. The molecular weight excluding hydrogens is 346 g/mol. The van der Waals surface area contributed by atoms with Crippen molar-refractivity contribution in [3.05, 3.63) is 60.7 Å². The number of hydrogen-bond donors (Lipinski definition) is 0. The van der Waals surface area contributed by atoms with Gasteiger partial charge in [-0.05, 0) is 35.7 Å². The van der Waals surface area contributed by atoms with Crippen LogP contribution in [0.3, 0.4) is 0 Å². The molecule has 3 heterocycles. The topological polar surface area (TPSA) is 28.6 Å². The van der Waals surface area contributed by atoms with E-state index in [2.05, 4.69) is 77.5 Å². The third-order valence-electron chi connectivity index (χ3n) is 6.04. The van der Waals surface area contributed by atoms with Gasteiger partial charge in [-0.2, -0.15) is 0 Å². The predicted molar refractivity (Wildman–Crippen MR) is 116 cm³/mol. The quantitative estimate of drug-likeness (QED) is 0.444. The van der Waals surface area contributed by atoms with Gasteiger partial charge < -0.3 is 14.5 Å². The SMILES string of the molecule is CN1c2ccccc2-c2nc3ccc(N4CCOCC4)cc3c3cccc1c23. The fraction of sp³-hybridized carbons (Fsp3) is 0.208. The van der Waals surface area contributed by atoms with Crippen LogP contribution in [0.25, 0.3) is 32.9 Å². The molecular formula is C24H21N3O. The summed E-state index contributed by atoms with van der Waals surface area (Å²) in [4.78, 5) is 9.81. The summed E-state index contributed by atoms with van der Waals surface area (Å²) < 4.78 is 5.52. The smallest absolute Gasteiger partial charge is 0.0830 e. The Morgan fingerprint density at radius 1 is 0.857 bits per heavy atom. The maximum Gasteiger partial charge on any atom is 0.0830 e. The van der Waals surface area contributed by atoms with Crippen LogP contribution in [-0.4, -0.2) is 38.3 Å². The number of morpholine rings is 1. The van der Waals surface area contributed by atoms with Crippen molar-refractivity contribution in [2.24, 2.45) is 0 Å². The first-order valence-corrected chi connectivity index (χ1v) is 9.83. The number of aromatic nitrogens is 1. The van der Waals surface area contributed by atoms with Gasteiger partial charge in [0.1, 0.15) is 0 Å². The van der Waals surface area contributed by atoms with Crippen molar-refractivity contribution in [1.82, 2.24) is 4.98 Å². The molecule has 0 saturated carbocycles. The molecule has 28 heavy (non-hydrogen) atoms. The van der Waals surface area contributed by atoms with Crippen LogP contribution in [0.15, 0.2) is 60.7 Å². The van der Waals surface area contributed by atoms with E-state index in [-0.39, 0.29) is 0 Å². The zero-order valence-electron chi connectivity index (χ0n) is 15.9. The van der Waals surface area contributed by atoms with Crippen LogP contribution in [0.5, 0.6) is 0 Å². The number of ether oxygens (including phenoxy) is 1. The summed E-state index contributed by atoms with van der Waals surface area (Å²) in [5, 5.41) is 3.74. The maximum atomic E-state index is 5.52. The number of pyridine rings is 1. The highest BCUT2D eigenvalue weighted by Crippen LogP contribution is 2.47. The minimum Gasteiger partial charge on any atom is -0.378 e. The van der Waals surface area contributed by atoms with Crippen LogP contribution in [0, 0.1) is 0 Å². The standard InChI is InChI=1S/C24H21N3O/c1-26-21-7-3-2-5-18(21)24-23-17(6-4-8-22(23)26)19-15-16(9-10-20(19)25-24)27-11-13-28-14-12-27/h2-10,15H,11-14H2,1H3. The Morgan fingerprint density at radius 2 is 1.68 bits per heavy atom. The molecule has 0 amide bonds. The van der Waals surface area contributed by atoms with Crippen LogP contribution in [0.4, 0.5) is 17.1 Å². The highest BCUT2D eigenvalue weighted by Gasteiger charge is 2.24. The third kappa shape index (κ3) is 2.18. The fourth-order valence-corrected chi connectivity index (χ4v) is 4.62. The average Bonchev–Trinajstić information content (AvgIpc) is 2.77. The van der Waals surface area contributed by atoms with E-state index in [1.807, 2.05) is 0 Å². The molecule has 0 radical (unpaired) electrons. The predicted octanol–water partition coefficient (Wildman–Crippen LogP) is 4.97. The van der Waals surface area contributed by atoms with E-state index in [0.29, 0.717) is 0 Å². The highest BCUT2D eigenvalue weighted by atomic mass is 16.5. The normalized spacial score (nSPS) is 15.9. The van der Waals surface area contributed by atoms with Gasteiger partial charge in [-0.15, -0.1) is 0 Å². The Labute approximate surface area is 164 Å². The van der Waals surface area contributed by atoms with Crippen LogP contribution in [0.1, 0.15) is 0 Å². The van der Waals surface area contributed by atoms with Gasteiger partial charge in [0, 0.05) is 42.2 Å². The molecule has 1 saturated heterocycles. The summed E-state index contributed by atoms with van der Waals surface area (Å²) in [6.45, 7) is 3.47. The molecule has 0 bridgehead atoms. The van der Waals surface area contributed by atoms with Crippen molar-refractivity contribution in [1.29, 1.82) is 0 Å². The van der Waals surface area contributed by atoms with Crippen LogP contribution in [-0.2, 0) is 4.74 Å². The number of benzene rings is 3. The van der Waals surface area contributed by atoms with Gasteiger partial charge in [0.15, 0.2) is 0 Å². The van der Waals surface area contributed by atoms with Gasteiger partial charge in [0.25, 0.3) is 0 Å². The zero-order valence-corrected chi connectivity index (χ0v) is 15.9. The summed E-state index contributed by atoms with van der Waals surface area (Å²) >= 11 is 0. The second-order valence-electron chi connectivity index (χ2n) is 7.54. The van der Waals surface area contributed by atoms with E-state index in [9.17, 15) is 0 Å². The van der Waals surface area contributed by atoms with Gasteiger partial charge >= 0.3 is 0 Å². The Bertz CT molecular complexity index is 1230. The molecule has 4 heteroatoms. The van der Waals surface area contributed by atoms with E-state index in [1.54, 1.807) is 0 Å². The second kappa shape index (κ2) is 5.94. The van der Waals surface area contributed by atoms with Crippen molar-refractivity contribution in [3.8, 4) is 11.3 Å². The van der Waals surface area contributed by atoms with Crippen molar-refractivity contribution >= 4 is 38.7 Å². The molecule has 138 valence electrons. The van der Waals surface area contributed by atoms with Gasteiger partial charge in [0.05, 0.1) is 35.8 Å². The van der Waals surface area contributed by atoms with Gasteiger partial charge in [-0.3, -0.25) is 0 Å². The molecule has 2 aliphatic rings. The van der Waals surface area contributed by atoms with E-state index < -0.39 is 0 Å². The molecule has 4 nitrogen and oxygen atoms in total. The molecule has 1 fully saturated rings. The molecule has 2 aliphatic heterocycles. The first-order valence-electron chi connectivity index (χ1n) is 9.83. The monoisotopic (exact) mass is 367 g/mol. The lowest BCUT2D eigenvalue weighted by Gasteiger charge is -2.31. The molecule has 0 unspecified atom stereocenters. The molecule has 0 spiro atoms. The van der Waals surface area contributed by atoms with Gasteiger partial charge in [-0.25, -0.2) is 4.98 Å².